The molecule has 0 bridgehead atoms. The first-order chi connectivity index (χ1) is 15.0. The third-order valence-electron chi connectivity index (χ3n) is 4.61. The number of anilines is 1. The third-order valence-corrected chi connectivity index (χ3v) is 4.84. The average Bonchev–Trinajstić information content (AvgIpc) is 2.77. The maximum atomic E-state index is 11.7. The molecule has 5 N–H and O–H groups in total. The zero-order chi connectivity index (χ0) is 22.2. The summed E-state index contributed by atoms with van der Waals surface area (Å²) in [5, 5.41) is 30.8. The van der Waals surface area contributed by atoms with Gasteiger partial charge in [0.15, 0.2) is 5.75 Å². The number of aromatic hydroxyl groups is 1. The maximum absolute atomic E-state index is 11.7. The molecule has 8 heteroatoms. The van der Waals surface area contributed by atoms with Crippen LogP contribution in [0.2, 0.25) is 5.02 Å². The Labute approximate surface area is 185 Å². The lowest BCUT2D eigenvalue weighted by atomic mass is 10.0. The summed E-state index contributed by atoms with van der Waals surface area (Å²) in [4.78, 5) is 11.7. The molecule has 7 nitrogen and oxygen atoms in total. The molecule has 0 atom stereocenters. The van der Waals surface area contributed by atoms with Crippen LogP contribution in [0.15, 0.2) is 70.9 Å². The number of carbonyl (C=O) groups is 1. The minimum Gasteiger partial charge on any atom is -0.505 e. The molecule has 0 spiro atoms. The van der Waals surface area contributed by atoms with Crippen LogP contribution in [0.3, 0.4) is 0 Å². The molecule has 0 heterocycles. The Morgan fingerprint density at radius 3 is 2.48 bits per heavy atom. The normalized spacial score (nSPS) is 11.0. The molecule has 0 fully saturated rings. The second-order valence-corrected chi connectivity index (χ2v) is 7.28. The predicted molar refractivity (Wildman–Crippen MR) is 122 cm³/mol. The zero-order valence-electron chi connectivity index (χ0n) is 16.8. The highest BCUT2D eigenvalue weighted by molar-refractivity contribution is 6.31. The van der Waals surface area contributed by atoms with Gasteiger partial charge in [0.25, 0.3) is 0 Å². The highest BCUT2D eigenvalue weighted by Gasteiger charge is 2.10. The van der Waals surface area contributed by atoms with E-state index < -0.39 is 0 Å². The Morgan fingerprint density at radius 1 is 1.03 bits per heavy atom. The molecule has 0 saturated carbocycles. The lowest BCUT2D eigenvalue weighted by Gasteiger charge is -2.08. The first-order valence-corrected chi connectivity index (χ1v) is 10.1. The molecule has 0 aliphatic carbocycles. The summed E-state index contributed by atoms with van der Waals surface area (Å²) in [7, 11) is 0. The van der Waals surface area contributed by atoms with Crippen molar-refractivity contribution < 1.29 is 15.0 Å². The highest BCUT2D eigenvalue weighted by Crippen LogP contribution is 2.38. The van der Waals surface area contributed by atoms with Crippen molar-refractivity contribution >= 4 is 34.6 Å². The summed E-state index contributed by atoms with van der Waals surface area (Å²) in [6.07, 6.45) is 0.925. The molecule has 3 aromatic carbocycles. The number of hydrogen-bond acceptors (Lipinski definition) is 6. The van der Waals surface area contributed by atoms with Crippen LogP contribution in [0.4, 0.5) is 17.1 Å². The van der Waals surface area contributed by atoms with Gasteiger partial charge in [-0.2, -0.15) is 0 Å². The number of para-hydroxylation sites is 1. The van der Waals surface area contributed by atoms with Gasteiger partial charge in [0.1, 0.15) is 11.4 Å². The van der Waals surface area contributed by atoms with Gasteiger partial charge >= 0.3 is 0 Å². The van der Waals surface area contributed by atoms with Gasteiger partial charge in [0, 0.05) is 23.6 Å². The Hall–Kier alpha value is -3.42. The lowest BCUT2D eigenvalue weighted by Crippen LogP contribution is -2.26. The molecule has 0 aliphatic heterocycles. The largest absolute Gasteiger partial charge is 0.505 e. The standard InChI is InChI=1S/C23H23ClN4O3/c24-17-9-10-20(19(25)14-17)27-28-21-3-1-2-18(23(21)31)16-7-4-15(5-8-16)6-11-22(30)26-12-13-29/h1-5,7-10,14,29,31H,6,11-13,25H2,(H,26,30). The predicted octanol–water partition coefficient (Wildman–Crippen LogP) is 4.75. The fourth-order valence-corrected chi connectivity index (χ4v) is 3.14. The van der Waals surface area contributed by atoms with Gasteiger partial charge in [-0.25, -0.2) is 0 Å². The number of benzene rings is 3. The Kier molecular flexibility index (Phi) is 7.59. The number of halogens is 1. The fraction of sp³-hybridized carbons (Fsp3) is 0.174. The minimum absolute atomic E-state index is 0.00918. The summed E-state index contributed by atoms with van der Waals surface area (Å²) in [5.41, 5.74) is 9.49. The molecule has 3 aromatic rings. The fourth-order valence-electron chi connectivity index (χ4n) is 2.96. The van der Waals surface area contributed by atoms with E-state index in [0.29, 0.717) is 40.5 Å². The number of nitrogens with one attached hydrogen (secondary N) is 1. The molecule has 1 amide bonds. The molecule has 0 aromatic heterocycles. The number of nitrogens with two attached hydrogens (primary N) is 1. The van der Waals surface area contributed by atoms with Crippen molar-refractivity contribution in [2.75, 3.05) is 18.9 Å². The van der Waals surface area contributed by atoms with Crippen LogP contribution in [-0.2, 0) is 11.2 Å². The Bertz CT molecular complexity index is 1080. The van der Waals surface area contributed by atoms with Crippen molar-refractivity contribution in [2.45, 2.75) is 12.8 Å². The van der Waals surface area contributed by atoms with Gasteiger partial charge < -0.3 is 21.3 Å². The van der Waals surface area contributed by atoms with Crippen LogP contribution in [-0.4, -0.2) is 29.3 Å². The first-order valence-electron chi connectivity index (χ1n) is 9.73. The van der Waals surface area contributed by atoms with E-state index in [9.17, 15) is 9.90 Å². The number of phenols is 1. The molecule has 160 valence electrons. The van der Waals surface area contributed by atoms with Crippen LogP contribution < -0.4 is 11.1 Å². The number of hydrogen-bond donors (Lipinski definition) is 4. The quantitative estimate of drug-likeness (QED) is 0.299. The summed E-state index contributed by atoms with van der Waals surface area (Å²) in [5.74, 6) is -0.0925. The van der Waals surface area contributed by atoms with E-state index >= 15 is 0 Å². The van der Waals surface area contributed by atoms with Gasteiger partial charge in [0.2, 0.25) is 5.91 Å². The van der Waals surface area contributed by atoms with Gasteiger partial charge in [0.05, 0.1) is 12.3 Å². The van der Waals surface area contributed by atoms with Gasteiger partial charge in [-0.05, 0) is 41.8 Å². The van der Waals surface area contributed by atoms with Crippen LogP contribution in [0.5, 0.6) is 5.75 Å². The number of amides is 1. The first kappa shape index (κ1) is 22.3. The van der Waals surface area contributed by atoms with Crippen LogP contribution in [0, 0.1) is 0 Å². The number of aryl methyl sites for hydroxylation is 1. The number of aliphatic hydroxyl groups excluding tert-OH is 1. The molecular weight excluding hydrogens is 416 g/mol. The lowest BCUT2D eigenvalue weighted by molar-refractivity contribution is -0.121. The van der Waals surface area contributed by atoms with Gasteiger partial charge in [-0.1, -0.05) is 48.0 Å². The van der Waals surface area contributed by atoms with Gasteiger partial charge in [-0.15, -0.1) is 10.2 Å². The van der Waals surface area contributed by atoms with Crippen LogP contribution >= 0.6 is 11.6 Å². The van der Waals surface area contributed by atoms with E-state index in [2.05, 4.69) is 15.5 Å². The Balaban J connectivity index is 1.73. The van der Waals surface area contributed by atoms with Crippen molar-refractivity contribution in [3.05, 3.63) is 71.2 Å². The summed E-state index contributed by atoms with van der Waals surface area (Å²) >= 11 is 5.89. The monoisotopic (exact) mass is 438 g/mol. The maximum Gasteiger partial charge on any atom is 0.220 e. The second-order valence-electron chi connectivity index (χ2n) is 6.85. The topological polar surface area (TPSA) is 120 Å². The van der Waals surface area contributed by atoms with Crippen LogP contribution in [0.1, 0.15) is 12.0 Å². The SMILES string of the molecule is Nc1cc(Cl)ccc1N=Nc1cccc(-c2ccc(CCC(=O)NCCO)cc2)c1O. The van der Waals surface area contributed by atoms with Crippen molar-refractivity contribution in [2.24, 2.45) is 10.2 Å². The smallest absolute Gasteiger partial charge is 0.220 e. The Morgan fingerprint density at radius 2 is 1.77 bits per heavy atom. The number of nitrogen functional groups attached to an aromatic ring is 1. The van der Waals surface area contributed by atoms with E-state index in [1.807, 2.05) is 24.3 Å². The molecule has 0 saturated heterocycles. The van der Waals surface area contributed by atoms with E-state index in [0.717, 1.165) is 11.1 Å². The highest BCUT2D eigenvalue weighted by atomic mass is 35.5. The number of aliphatic hydroxyl groups is 1. The number of azo groups is 1. The number of carbonyl (C=O) groups excluding carboxylic acids is 1. The zero-order valence-corrected chi connectivity index (χ0v) is 17.5. The van der Waals surface area contributed by atoms with Gasteiger partial charge in [-0.3, -0.25) is 4.79 Å². The van der Waals surface area contributed by atoms with Crippen molar-refractivity contribution in [3.8, 4) is 16.9 Å². The van der Waals surface area contributed by atoms with E-state index in [4.69, 9.17) is 22.4 Å². The molecule has 3 rings (SSSR count). The van der Waals surface area contributed by atoms with E-state index in [-0.39, 0.29) is 24.8 Å². The molecule has 31 heavy (non-hydrogen) atoms. The van der Waals surface area contributed by atoms with Crippen molar-refractivity contribution in [1.82, 2.24) is 5.32 Å². The molecule has 0 radical (unpaired) electrons. The molecule has 0 aliphatic rings. The summed E-state index contributed by atoms with van der Waals surface area (Å²) in [6.45, 7) is 0.185. The second kappa shape index (κ2) is 10.6. The summed E-state index contributed by atoms with van der Waals surface area (Å²) in [6, 6.07) is 17.7. The third kappa shape index (κ3) is 6.04. The van der Waals surface area contributed by atoms with E-state index in [1.165, 1.54) is 0 Å². The number of rotatable bonds is 8. The molecule has 0 unspecified atom stereocenters. The van der Waals surface area contributed by atoms with Crippen molar-refractivity contribution in [3.63, 3.8) is 0 Å². The number of nitrogens with zero attached hydrogens (tertiary/aromatic N) is 2. The van der Waals surface area contributed by atoms with Crippen molar-refractivity contribution in [1.29, 1.82) is 0 Å². The van der Waals surface area contributed by atoms with E-state index in [1.54, 1.807) is 36.4 Å². The minimum atomic E-state index is -0.102. The molecular formula is C23H23ClN4O3. The number of phenolic OH excluding ortho intramolecular Hbond substituents is 1. The van der Waals surface area contributed by atoms with Crippen LogP contribution in [0.25, 0.3) is 11.1 Å². The average molecular weight is 439 g/mol. The summed E-state index contributed by atoms with van der Waals surface area (Å²) < 4.78 is 0.